The molecule has 82 valence electrons. The van der Waals surface area contributed by atoms with Crippen molar-refractivity contribution in [3.63, 3.8) is 0 Å². The SMILES string of the molecule is O=[N+]([O-])c1cc(Br)c(F)cc1C(F)(F)F. The maximum absolute atomic E-state index is 12.8. The van der Waals surface area contributed by atoms with Crippen LogP contribution in [0, 0.1) is 15.9 Å². The van der Waals surface area contributed by atoms with Crippen LogP contribution in [-0.4, -0.2) is 4.92 Å². The van der Waals surface area contributed by atoms with Crippen LogP contribution in [-0.2, 0) is 6.18 Å². The summed E-state index contributed by atoms with van der Waals surface area (Å²) in [4.78, 5) is 9.08. The first kappa shape index (κ1) is 11.9. The summed E-state index contributed by atoms with van der Waals surface area (Å²) in [7, 11) is 0. The van der Waals surface area contributed by atoms with E-state index in [1.165, 1.54) is 0 Å². The molecule has 1 rings (SSSR count). The fourth-order valence-corrected chi connectivity index (χ4v) is 1.25. The number of hydrogen-bond donors (Lipinski definition) is 0. The maximum Gasteiger partial charge on any atom is 0.423 e. The van der Waals surface area contributed by atoms with E-state index in [1.54, 1.807) is 0 Å². The minimum Gasteiger partial charge on any atom is -0.258 e. The molecular formula is C7H2BrF4NO2. The molecule has 0 aliphatic carbocycles. The zero-order valence-electron chi connectivity index (χ0n) is 6.81. The van der Waals surface area contributed by atoms with Crippen LogP contribution in [0.3, 0.4) is 0 Å². The lowest BCUT2D eigenvalue weighted by atomic mass is 10.1. The van der Waals surface area contributed by atoms with Crippen LogP contribution >= 0.6 is 15.9 Å². The van der Waals surface area contributed by atoms with Crippen molar-refractivity contribution in [3.05, 3.63) is 38.1 Å². The second-order valence-corrected chi connectivity index (χ2v) is 3.39. The molecule has 0 aliphatic heterocycles. The molecule has 3 nitrogen and oxygen atoms in total. The predicted molar refractivity (Wildman–Crippen MR) is 45.8 cm³/mol. The van der Waals surface area contributed by atoms with Crippen molar-refractivity contribution in [1.82, 2.24) is 0 Å². The Labute approximate surface area is 89.0 Å². The molecule has 0 fully saturated rings. The van der Waals surface area contributed by atoms with Crippen molar-refractivity contribution >= 4 is 21.6 Å². The van der Waals surface area contributed by atoms with Gasteiger partial charge in [-0.1, -0.05) is 0 Å². The van der Waals surface area contributed by atoms with Gasteiger partial charge in [0.25, 0.3) is 5.69 Å². The molecule has 0 saturated carbocycles. The summed E-state index contributed by atoms with van der Waals surface area (Å²) < 4.78 is 49.1. The molecule has 0 amide bonds. The number of nitro benzene ring substituents is 1. The quantitative estimate of drug-likeness (QED) is 0.451. The van der Waals surface area contributed by atoms with Gasteiger partial charge in [-0.05, 0) is 22.0 Å². The number of hydrogen-bond acceptors (Lipinski definition) is 2. The first-order valence-corrected chi connectivity index (χ1v) is 4.23. The van der Waals surface area contributed by atoms with Gasteiger partial charge in [0.15, 0.2) is 0 Å². The number of benzene rings is 1. The molecule has 0 unspecified atom stereocenters. The van der Waals surface area contributed by atoms with E-state index in [-0.39, 0.29) is 10.5 Å². The van der Waals surface area contributed by atoms with Gasteiger partial charge in [-0.2, -0.15) is 13.2 Å². The fourth-order valence-electron chi connectivity index (χ4n) is 0.914. The molecule has 1 aromatic rings. The normalized spacial score (nSPS) is 11.5. The van der Waals surface area contributed by atoms with E-state index < -0.39 is 28.2 Å². The monoisotopic (exact) mass is 287 g/mol. The van der Waals surface area contributed by atoms with E-state index in [1.807, 2.05) is 0 Å². The highest BCUT2D eigenvalue weighted by Crippen LogP contribution is 2.38. The Bertz CT molecular complexity index is 418. The van der Waals surface area contributed by atoms with Crippen molar-refractivity contribution in [2.45, 2.75) is 6.18 Å². The summed E-state index contributed by atoms with van der Waals surface area (Å²) >= 11 is 2.57. The van der Waals surface area contributed by atoms with Crippen molar-refractivity contribution in [2.75, 3.05) is 0 Å². The predicted octanol–water partition coefficient (Wildman–Crippen LogP) is 3.52. The smallest absolute Gasteiger partial charge is 0.258 e. The van der Waals surface area contributed by atoms with Gasteiger partial charge in [0.05, 0.1) is 9.40 Å². The third-order valence-electron chi connectivity index (χ3n) is 1.54. The minimum atomic E-state index is -4.95. The number of halogens is 5. The Morgan fingerprint density at radius 1 is 1.33 bits per heavy atom. The molecular weight excluding hydrogens is 286 g/mol. The van der Waals surface area contributed by atoms with Gasteiger partial charge >= 0.3 is 6.18 Å². The Hall–Kier alpha value is -1.18. The average Bonchev–Trinajstić information content (AvgIpc) is 2.06. The zero-order chi connectivity index (χ0) is 11.8. The molecule has 0 spiro atoms. The Morgan fingerprint density at radius 2 is 1.87 bits per heavy atom. The van der Waals surface area contributed by atoms with Gasteiger partial charge in [0.2, 0.25) is 0 Å². The number of nitro groups is 1. The van der Waals surface area contributed by atoms with Gasteiger partial charge < -0.3 is 0 Å². The van der Waals surface area contributed by atoms with E-state index >= 15 is 0 Å². The van der Waals surface area contributed by atoms with E-state index in [4.69, 9.17) is 0 Å². The van der Waals surface area contributed by atoms with Crippen LogP contribution < -0.4 is 0 Å². The van der Waals surface area contributed by atoms with Crippen LogP contribution in [0.5, 0.6) is 0 Å². The molecule has 0 atom stereocenters. The van der Waals surface area contributed by atoms with Crippen LogP contribution in [0.4, 0.5) is 23.2 Å². The summed E-state index contributed by atoms with van der Waals surface area (Å²) in [6.07, 6.45) is -4.95. The third kappa shape index (κ3) is 2.44. The highest BCUT2D eigenvalue weighted by Gasteiger charge is 2.39. The molecule has 0 aliphatic rings. The molecule has 0 heterocycles. The van der Waals surface area contributed by atoms with E-state index in [9.17, 15) is 27.7 Å². The largest absolute Gasteiger partial charge is 0.423 e. The highest BCUT2D eigenvalue weighted by molar-refractivity contribution is 9.10. The second kappa shape index (κ2) is 3.76. The van der Waals surface area contributed by atoms with Crippen LogP contribution in [0.1, 0.15) is 5.56 Å². The summed E-state index contributed by atoms with van der Waals surface area (Å²) in [5.74, 6) is -1.20. The fraction of sp³-hybridized carbons (Fsp3) is 0.143. The van der Waals surface area contributed by atoms with Crippen molar-refractivity contribution in [2.24, 2.45) is 0 Å². The van der Waals surface area contributed by atoms with Crippen LogP contribution in [0.15, 0.2) is 16.6 Å². The van der Waals surface area contributed by atoms with Crippen molar-refractivity contribution < 1.29 is 22.5 Å². The number of nitrogens with zero attached hydrogens (tertiary/aromatic N) is 1. The summed E-state index contributed by atoms with van der Waals surface area (Å²) in [6, 6.07) is 0.570. The van der Waals surface area contributed by atoms with Gasteiger partial charge in [0.1, 0.15) is 11.4 Å². The first-order chi connectivity index (χ1) is 6.73. The zero-order valence-corrected chi connectivity index (χ0v) is 8.39. The lowest BCUT2D eigenvalue weighted by Crippen LogP contribution is -2.09. The average molecular weight is 288 g/mol. The highest BCUT2D eigenvalue weighted by atomic mass is 79.9. The lowest BCUT2D eigenvalue weighted by molar-refractivity contribution is -0.388. The molecule has 8 heteroatoms. The van der Waals surface area contributed by atoms with Gasteiger partial charge in [-0.25, -0.2) is 4.39 Å². The first-order valence-electron chi connectivity index (χ1n) is 3.44. The second-order valence-electron chi connectivity index (χ2n) is 2.54. The Balaban J connectivity index is 3.49. The molecule has 0 radical (unpaired) electrons. The molecule has 1 aromatic carbocycles. The summed E-state index contributed by atoms with van der Waals surface area (Å²) in [5, 5.41) is 10.3. The maximum atomic E-state index is 12.8. The lowest BCUT2D eigenvalue weighted by Gasteiger charge is -2.07. The van der Waals surface area contributed by atoms with Gasteiger partial charge in [0, 0.05) is 6.07 Å². The van der Waals surface area contributed by atoms with E-state index in [0.717, 1.165) is 0 Å². The minimum absolute atomic E-state index is 0.0855. The standard InChI is InChI=1S/C7H2BrF4NO2/c8-4-2-6(13(14)15)3(1-5(4)9)7(10,11)12/h1-2H. The van der Waals surface area contributed by atoms with Gasteiger partial charge in [-0.3, -0.25) is 10.1 Å². The van der Waals surface area contributed by atoms with E-state index in [0.29, 0.717) is 6.07 Å². The van der Waals surface area contributed by atoms with Crippen molar-refractivity contribution in [3.8, 4) is 0 Å². The number of alkyl halides is 3. The molecule has 0 saturated heterocycles. The Kier molecular flexibility index (Phi) is 2.98. The molecule has 0 aromatic heterocycles. The van der Waals surface area contributed by atoms with Gasteiger partial charge in [-0.15, -0.1) is 0 Å². The molecule has 0 N–H and O–H groups in total. The Morgan fingerprint density at radius 3 is 2.27 bits per heavy atom. The summed E-state index contributed by atoms with van der Waals surface area (Å²) in [6.45, 7) is 0. The van der Waals surface area contributed by atoms with Crippen molar-refractivity contribution in [1.29, 1.82) is 0 Å². The van der Waals surface area contributed by atoms with Crippen LogP contribution in [0.2, 0.25) is 0 Å². The molecule has 15 heavy (non-hydrogen) atoms. The summed E-state index contributed by atoms with van der Waals surface area (Å²) in [5.41, 5.74) is -2.79. The topological polar surface area (TPSA) is 43.1 Å². The number of rotatable bonds is 1. The van der Waals surface area contributed by atoms with E-state index in [2.05, 4.69) is 15.9 Å². The third-order valence-corrected chi connectivity index (χ3v) is 2.15. The molecule has 0 bridgehead atoms. The van der Waals surface area contributed by atoms with Crippen LogP contribution in [0.25, 0.3) is 0 Å².